The van der Waals surface area contributed by atoms with E-state index < -0.39 is 0 Å². The molecule has 0 spiro atoms. The Balaban J connectivity index is 1.15. The lowest BCUT2D eigenvalue weighted by molar-refractivity contribution is -0.163. The van der Waals surface area contributed by atoms with Gasteiger partial charge in [0.1, 0.15) is 6.61 Å². The third-order valence-corrected chi connectivity index (χ3v) is 6.30. The van der Waals surface area contributed by atoms with E-state index in [1.54, 1.807) is 4.90 Å². The fourth-order valence-electron chi connectivity index (χ4n) is 4.46. The van der Waals surface area contributed by atoms with Crippen LogP contribution >= 0.6 is 0 Å². The van der Waals surface area contributed by atoms with Gasteiger partial charge >= 0.3 is 12.1 Å². The Bertz CT molecular complexity index is 717. The number of carbonyl (C=O) groups excluding carboxylic acids is 2. The highest BCUT2D eigenvalue weighted by Gasteiger charge is 2.36. The second-order valence-corrected chi connectivity index (χ2v) is 8.39. The van der Waals surface area contributed by atoms with Crippen LogP contribution in [0.25, 0.3) is 0 Å². The summed E-state index contributed by atoms with van der Waals surface area (Å²) in [6.45, 7) is 4.85. The van der Waals surface area contributed by atoms with Crippen LogP contribution in [0.1, 0.15) is 37.7 Å². The lowest BCUT2D eigenvalue weighted by atomic mass is 10.0. The van der Waals surface area contributed by atoms with E-state index in [1.807, 2.05) is 40.1 Å². The van der Waals surface area contributed by atoms with Gasteiger partial charge in [0.05, 0.1) is 6.61 Å². The molecule has 1 atom stereocenters. The minimum Gasteiger partial charge on any atom is -0.445 e. The van der Waals surface area contributed by atoms with Crippen molar-refractivity contribution in [2.45, 2.75) is 51.0 Å². The zero-order valence-corrected chi connectivity index (χ0v) is 18.1. The van der Waals surface area contributed by atoms with Gasteiger partial charge in [-0.05, 0) is 37.7 Å². The minimum atomic E-state index is -0.279. The Kier molecular flexibility index (Phi) is 7.64. The largest absolute Gasteiger partial charge is 0.445 e. The average molecular weight is 432 g/mol. The number of piperidine rings is 1. The fourth-order valence-corrected chi connectivity index (χ4v) is 4.46. The first-order chi connectivity index (χ1) is 15.2. The van der Waals surface area contributed by atoms with E-state index in [0.717, 1.165) is 57.4 Å². The number of amides is 3. The summed E-state index contributed by atoms with van der Waals surface area (Å²) >= 11 is 0. The summed E-state index contributed by atoms with van der Waals surface area (Å²) in [7, 11) is 0. The molecule has 3 amide bonds. The van der Waals surface area contributed by atoms with Crippen LogP contribution in [0.5, 0.6) is 0 Å². The van der Waals surface area contributed by atoms with Gasteiger partial charge < -0.3 is 28.9 Å². The molecule has 31 heavy (non-hydrogen) atoms. The second-order valence-electron chi connectivity index (χ2n) is 8.39. The van der Waals surface area contributed by atoms with Crippen molar-refractivity contribution < 1.29 is 23.8 Å². The molecule has 3 fully saturated rings. The van der Waals surface area contributed by atoms with Crippen LogP contribution in [-0.2, 0) is 20.8 Å². The van der Waals surface area contributed by atoms with Crippen LogP contribution in [0.3, 0.4) is 0 Å². The van der Waals surface area contributed by atoms with E-state index in [1.165, 1.54) is 0 Å². The van der Waals surface area contributed by atoms with E-state index in [9.17, 15) is 9.59 Å². The standard InChI is InChI=1S/C23H33N3O5/c27-22-24(15-17-30-21-8-4-5-16-29-21)13-14-26(22)20-9-11-25(12-10-20)23(28)31-18-19-6-2-1-3-7-19/h1-3,6-7,20-21H,4-5,8-18H2. The molecule has 3 aliphatic heterocycles. The molecule has 0 N–H and O–H groups in total. The Morgan fingerprint density at radius 3 is 2.58 bits per heavy atom. The van der Waals surface area contributed by atoms with Gasteiger partial charge in [0, 0.05) is 45.4 Å². The normalized spacial score (nSPS) is 22.8. The number of likely N-dealkylation sites (tertiary alicyclic amines) is 1. The lowest BCUT2D eigenvalue weighted by Gasteiger charge is -2.36. The minimum absolute atomic E-state index is 0.0817. The molecule has 3 heterocycles. The van der Waals surface area contributed by atoms with Gasteiger partial charge in [0.15, 0.2) is 6.29 Å². The molecule has 3 aliphatic rings. The molecular weight excluding hydrogens is 398 g/mol. The Morgan fingerprint density at radius 1 is 1.03 bits per heavy atom. The number of benzene rings is 1. The maximum absolute atomic E-state index is 12.8. The average Bonchev–Trinajstić information content (AvgIpc) is 3.19. The van der Waals surface area contributed by atoms with Gasteiger partial charge in [-0.25, -0.2) is 9.59 Å². The SMILES string of the molecule is O=C(OCc1ccccc1)N1CCC(N2CCN(CCOC3CCCCO3)C2=O)CC1. The van der Waals surface area contributed by atoms with Crippen LogP contribution in [0.4, 0.5) is 9.59 Å². The number of nitrogens with zero attached hydrogens (tertiary/aromatic N) is 3. The molecule has 0 aromatic heterocycles. The number of hydrogen-bond donors (Lipinski definition) is 0. The van der Waals surface area contributed by atoms with E-state index in [4.69, 9.17) is 14.2 Å². The second kappa shape index (κ2) is 10.8. The summed E-state index contributed by atoms with van der Waals surface area (Å²) in [6, 6.07) is 9.95. The van der Waals surface area contributed by atoms with Crippen molar-refractivity contribution in [3.05, 3.63) is 35.9 Å². The van der Waals surface area contributed by atoms with Crippen molar-refractivity contribution in [3.63, 3.8) is 0 Å². The first kappa shape index (κ1) is 21.9. The third-order valence-electron chi connectivity index (χ3n) is 6.30. The number of ether oxygens (including phenoxy) is 3. The molecule has 1 aromatic carbocycles. The Morgan fingerprint density at radius 2 is 1.84 bits per heavy atom. The molecule has 1 aromatic rings. The quantitative estimate of drug-likeness (QED) is 0.664. The number of rotatable bonds is 7. The van der Waals surface area contributed by atoms with Crippen molar-refractivity contribution in [1.29, 1.82) is 0 Å². The number of hydrogen-bond acceptors (Lipinski definition) is 5. The molecule has 8 nitrogen and oxygen atoms in total. The highest BCUT2D eigenvalue weighted by atomic mass is 16.7. The number of urea groups is 1. The summed E-state index contributed by atoms with van der Waals surface area (Å²) in [4.78, 5) is 30.7. The Labute approximate surface area is 184 Å². The van der Waals surface area contributed by atoms with Crippen LogP contribution in [-0.4, -0.2) is 85.1 Å². The molecule has 8 heteroatoms. The van der Waals surface area contributed by atoms with Crippen LogP contribution in [0, 0.1) is 0 Å². The molecule has 170 valence electrons. The van der Waals surface area contributed by atoms with E-state index >= 15 is 0 Å². The van der Waals surface area contributed by atoms with Crippen molar-refractivity contribution in [2.75, 3.05) is 45.9 Å². The van der Waals surface area contributed by atoms with Crippen molar-refractivity contribution in [1.82, 2.24) is 14.7 Å². The maximum Gasteiger partial charge on any atom is 0.410 e. The summed E-state index contributed by atoms with van der Waals surface area (Å²) in [5.41, 5.74) is 0.979. The topological polar surface area (TPSA) is 71.6 Å². The van der Waals surface area contributed by atoms with Gasteiger partial charge in [-0.2, -0.15) is 0 Å². The van der Waals surface area contributed by atoms with Crippen molar-refractivity contribution >= 4 is 12.1 Å². The van der Waals surface area contributed by atoms with E-state index in [-0.39, 0.29) is 31.1 Å². The summed E-state index contributed by atoms with van der Waals surface area (Å²) in [5, 5.41) is 0. The summed E-state index contributed by atoms with van der Waals surface area (Å²) < 4.78 is 16.8. The smallest absolute Gasteiger partial charge is 0.410 e. The van der Waals surface area contributed by atoms with Crippen molar-refractivity contribution in [3.8, 4) is 0 Å². The predicted octanol–water partition coefficient (Wildman–Crippen LogP) is 3.07. The third kappa shape index (κ3) is 5.89. The maximum atomic E-state index is 12.8. The van der Waals surface area contributed by atoms with Crippen LogP contribution in [0.2, 0.25) is 0 Å². The zero-order valence-electron chi connectivity index (χ0n) is 18.1. The monoisotopic (exact) mass is 431 g/mol. The van der Waals surface area contributed by atoms with Gasteiger partial charge in [-0.1, -0.05) is 30.3 Å². The zero-order chi connectivity index (χ0) is 21.5. The highest BCUT2D eigenvalue weighted by Crippen LogP contribution is 2.22. The van der Waals surface area contributed by atoms with Crippen LogP contribution < -0.4 is 0 Å². The molecule has 3 saturated heterocycles. The lowest BCUT2D eigenvalue weighted by Crippen LogP contribution is -2.48. The molecular formula is C23H33N3O5. The first-order valence-corrected chi connectivity index (χ1v) is 11.4. The van der Waals surface area contributed by atoms with Crippen molar-refractivity contribution in [2.24, 2.45) is 0 Å². The molecule has 0 radical (unpaired) electrons. The first-order valence-electron chi connectivity index (χ1n) is 11.4. The van der Waals surface area contributed by atoms with E-state index in [0.29, 0.717) is 26.2 Å². The molecule has 4 rings (SSSR count). The Hall–Kier alpha value is -2.32. The van der Waals surface area contributed by atoms with Gasteiger partial charge in [0.2, 0.25) is 0 Å². The van der Waals surface area contributed by atoms with Crippen LogP contribution in [0.15, 0.2) is 30.3 Å². The fraction of sp³-hybridized carbons (Fsp3) is 0.652. The molecule has 0 saturated carbocycles. The van der Waals surface area contributed by atoms with Gasteiger partial charge in [-0.15, -0.1) is 0 Å². The van der Waals surface area contributed by atoms with Gasteiger partial charge in [0.25, 0.3) is 0 Å². The van der Waals surface area contributed by atoms with Gasteiger partial charge in [-0.3, -0.25) is 0 Å². The number of carbonyl (C=O) groups is 2. The predicted molar refractivity (Wildman–Crippen MR) is 114 cm³/mol. The molecule has 1 unspecified atom stereocenters. The summed E-state index contributed by atoms with van der Waals surface area (Å²) in [5.74, 6) is 0. The molecule has 0 aliphatic carbocycles. The highest BCUT2D eigenvalue weighted by molar-refractivity contribution is 5.77. The van der Waals surface area contributed by atoms with E-state index in [2.05, 4.69) is 0 Å². The molecule has 0 bridgehead atoms. The summed E-state index contributed by atoms with van der Waals surface area (Å²) in [6.07, 6.45) is 4.35.